The zero-order chi connectivity index (χ0) is 12.3. The maximum atomic E-state index is 10.6. The van der Waals surface area contributed by atoms with E-state index in [0.29, 0.717) is 11.1 Å². The standard InChI is InChI=1S/C9H11NO5S/c10-8(9(11)12)7-3-1-6(2-4-7)5-16(13,14)15/h1-4,8H,5,10H2,(H,11,12)(H,13,14,15). The summed E-state index contributed by atoms with van der Waals surface area (Å²) in [4.78, 5) is 10.6. The molecule has 1 rings (SSSR count). The number of aliphatic carboxylic acids is 1. The molecule has 7 heteroatoms. The van der Waals surface area contributed by atoms with Crippen molar-refractivity contribution in [3.63, 3.8) is 0 Å². The van der Waals surface area contributed by atoms with E-state index in [0.717, 1.165) is 0 Å². The molecule has 0 aliphatic carbocycles. The third kappa shape index (κ3) is 3.61. The Morgan fingerprint density at radius 2 is 1.81 bits per heavy atom. The largest absolute Gasteiger partial charge is 0.480 e. The summed E-state index contributed by atoms with van der Waals surface area (Å²) in [6.07, 6.45) is 0. The molecule has 1 aromatic rings. The molecule has 16 heavy (non-hydrogen) atoms. The lowest BCUT2D eigenvalue weighted by molar-refractivity contribution is -0.138. The second-order valence-corrected chi connectivity index (χ2v) is 4.74. The van der Waals surface area contributed by atoms with Crippen molar-refractivity contribution in [3.05, 3.63) is 35.4 Å². The van der Waals surface area contributed by atoms with Gasteiger partial charge in [-0.15, -0.1) is 0 Å². The molecule has 0 aromatic heterocycles. The molecule has 0 aliphatic rings. The topological polar surface area (TPSA) is 118 Å². The predicted molar refractivity (Wildman–Crippen MR) is 56.3 cm³/mol. The molecule has 0 spiro atoms. The minimum Gasteiger partial charge on any atom is -0.480 e. The Morgan fingerprint density at radius 3 is 2.19 bits per heavy atom. The molecule has 0 heterocycles. The Morgan fingerprint density at radius 1 is 1.31 bits per heavy atom. The maximum absolute atomic E-state index is 10.6. The third-order valence-electron chi connectivity index (χ3n) is 1.95. The summed E-state index contributed by atoms with van der Waals surface area (Å²) in [6.45, 7) is 0. The van der Waals surface area contributed by atoms with Crippen LogP contribution in [0.25, 0.3) is 0 Å². The molecule has 0 bridgehead atoms. The predicted octanol–water partition coefficient (Wildman–Crippen LogP) is 0.159. The summed E-state index contributed by atoms with van der Waals surface area (Å²) < 4.78 is 29.7. The van der Waals surface area contributed by atoms with E-state index in [-0.39, 0.29) is 0 Å². The summed E-state index contributed by atoms with van der Waals surface area (Å²) in [5, 5.41) is 8.63. The van der Waals surface area contributed by atoms with Crippen molar-refractivity contribution in [2.24, 2.45) is 5.73 Å². The number of nitrogens with two attached hydrogens (primary N) is 1. The van der Waals surface area contributed by atoms with Gasteiger partial charge in [0, 0.05) is 0 Å². The Hall–Kier alpha value is -1.44. The van der Waals surface area contributed by atoms with Crippen molar-refractivity contribution in [2.75, 3.05) is 0 Å². The average molecular weight is 245 g/mol. The van der Waals surface area contributed by atoms with Crippen LogP contribution >= 0.6 is 0 Å². The highest BCUT2D eigenvalue weighted by atomic mass is 32.2. The summed E-state index contributed by atoms with van der Waals surface area (Å²) in [5.41, 5.74) is 6.08. The fourth-order valence-electron chi connectivity index (χ4n) is 1.17. The first-order chi connectivity index (χ1) is 7.29. The normalized spacial score (nSPS) is 13.4. The number of benzene rings is 1. The lowest BCUT2D eigenvalue weighted by Gasteiger charge is -2.07. The number of hydrogen-bond donors (Lipinski definition) is 3. The monoisotopic (exact) mass is 245 g/mol. The van der Waals surface area contributed by atoms with Crippen LogP contribution < -0.4 is 5.73 Å². The van der Waals surface area contributed by atoms with E-state index in [1.54, 1.807) is 0 Å². The van der Waals surface area contributed by atoms with Crippen molar-refractivity contribution in [3.8, 4) is 0 Å². The highest BCUT2D eigenvalue weighted by Crippen LogP contribution is 2.13. The van der Waals surface area contributed by atoms with Gasteiger partial charge in [0.1, 0.15) is 11.8 Å². The molecule has 0 fully saturated rings. The van der Waals surface area contributed by atoms with Gasteiger partial charge in [0.15, 0.2) is 0 Å². The van der Waals surface area contributed by atoms with Crippen LogP contribution in [0.4, 0.5) is 0 Å². The summed E-state index contributed by atoms with van der Waals surface area (Å²) in [5.74, 6) is -1.67. The minimum atomic E-state index is -4.07. The lowest BCUT2D eigenvalue weighted by Crippen LogP contribution is -2.20. The molecule has 0 amide bonds. The van der Waals surface area contributed by atoms with Crippen molar-refractivity contribution >= 4 is 16.1 Å². The second kappa shape index (κ2) is 4.60. The molecule has 88 valence electrons. The fourth-order valence-corrected chi connectivity index (χ4v) is 1.79. The van der Waals surface area contributed by atoms with Gasteiger partial charge in [0.05, 0.1) is 0 Å². The first-order valence-corrected chi connectivity index (χ1v) is 5.93. The maximum Gasteiger partial charge on any atom is 0.325 e. The van der Waals surface area contributed by atoms with Crippen LogP contribution in [0.3, 0.4) is 0 Å². The Balaban J connectivity index is 2.87. The Kier molecular flexibility index (Phi) is 3.63. The Labute approximate surface area is 92.5 Å². The average Bonchev–Trinajstić information content (AvgIpc) is 2.15. The van der Waals surface area contributed by atoms with Crippen molar-refractivity contribution in [1.29, 1.82) is 0 Å². The molecular weight excluding hydrogens is 234 g/mol. The van der Waals surface area contributed by atoms with Crippen LogP contribution in [0.1, 0.15) is 17.2 Å². The van der Waals surface area contributed by atoms with Crippen LogP contribution in [0.15, 0.2) is 24.3 Å². The van der Waals surface area contributed by atoms with Crippen LogP contribution in [0.2, 0.25) is 0 Å². The quantitative estimate of drug-likeness (QED) is 0.650. The summed E-state index contributed by atoms with van der Waals surface area (Å²) >= 11 is 0. The number of carboxylic acid groups (broad SMARTS) is 1. The van der Waals surface area contributed by atoms with E-state index in [2.05, 4.69) is 0 Å². The van der Waals surface area contributed by atoms with Gasteiger partial charge in [0.25, 0.3) is 10.1 Å². The molecule has 0 radical (unpaired) electrons. The first-order valence-electron chi connectivity index (χ1n) is 4.32. The molecule has 1 atom stereocenters. The van der Waals surface area contributed by atoms with Crippen molar-refractivity contribution in [2.45, 2.75) is 11.8 Å². The Bertz CT molecular complexity index is 479. The molecular formula is C9H11NO5S. The van der Waals surface area contributed by atoms with E-state index in [1.807, 2.05) is 0 Å². The van der Waals surface area contributed by atoms with E-state index in [1.165, 1.54) is 24.3 Å². The van der Waals surface area contributed by atoms with E-state index >= 15 is 0 Å². The van der Waals surface area contributed by atoms with Crippen molar-refractivity contribution < 1.29 is 22.9 Å². The molecule has 6 nitrogen and oxygen atoms in total. The minimum absolute atomic E-state index is 0.365. The molecule has 1 aromatic carbocycles. The SMILES string of the molecule is NC(C(=O)O)c1ccc(CS(=O)(=O)O)cc1. The van der Waals surface area contributed by atoms with Crippen LogP contribution in [0.5, 0.6) is 0 Å². The van der Waals surface area contributed by atoms with Gasteiger partial charge in [0.2, 0.25) is 0 Å². The zero-order valence-electron chi connectivity index (χ0n) is 8.20. The van der Waals surface area contributed by atoms with Crippen LogP contribution in [0, 0.1) is 0 Å². The number of rotatable bonds is 4. The summed E-state index contributed by atoms with van der Waals surface area (Å²) in [6, 6.07) is 4.51. The summed E-state index contributed by atoms with van der Waals surface area (Å²) in [7, 11) is -4.07. The van der Waals surface area contributed by atoms with E-state index < -0.39 is 27.9 Å². The molecule has 0 saturated carbocycles. The lowest BCUT2D eigenvalue weighted by atomic mass is 10.1. The van der Waals surface area contributed by atoms with Gasteiger partial charge in [-0.1, -0.05) is 24.3 Å². The molecule has 4 N–H and O–H groups in total. The van der Waals surface area contributed by atoms with Gasteiger partial charge in [-0.2, -0.15) is 8.42 Å². The van der Waals surface area contributed by atoms with Crippen LogP contribution in [-0.2, 0) is 20.7 Å². The van der Waals surface area contributed by atoms with Gasteiger partial charge < -0.3 is 10.8 Å². The first kappa shape index (κ1) is 12.6. The van der Waals surface area contributed by atoms with Gasteiger partial charge >= 0.3 is 5.97 Å². The van der Waals surface area contributed by atoms with Gasteiger partial charge in [-0.25, -0.2) is 0 Å². The molecule has 0 saturated heterocycles. The molecule has 1 unspecified atom stereocenters. The van der Waals surface area contributed by atoms with Gasteiger partial charge in [-0.3, -0.25) is 9.35 Å². The highest BCUT2D eigenvalue weighted by Gasteiger charge is 2.14. The smallest absolute Gasteiger partial charge is 0.325 e. The molecule has 0 aliphatic heterocycles. The second-order valence-electron chi connectivity index (χ2n) is 3.28. The van der Waals surface area contributed by atoms with Crippen LogP contribution in [-0.4, -0.2) is 24.0 Å². The fraction of sp³-hybridized carbons (Fsp3) is 0.222. The zero-order valence-corrected chi connectivity index (χ0v) is 9.02. The third-order valence-corrected chi connectivity index (χ3v) is 2.65. The number of carboxylic acids is 1. The number of carbonyl (C=O) groups is 1. The van der Waals surface area contributed by atoms with Crippen molar-refractivity contribution in [1.82, 2.24) is 0 Å². The van der Waals surface area contributed by atoms with E-state index in [4.69, 9.17) is 15.4 Å². The highest BCUT2D eigenvalue weighted by molar-refractivity contribution is 7.85. The number of hydrogen-bond acceptors (Lipinski definition) is 4. The van der Waals surface area contributed by atoms with Gasteiger partial charge in [-0.05, 0) is 11.1 Å². The van der Waals surface area contributed by atoms with E-state index in [9.17, 15) is 13.2 Å².